The molecule has 3 aliphatic rings. The molecule has 3 heterocycles. The molecule has 1 aliphatic carbocycles. The van der Waals surface area contributed by atoms with Gasteiger partial charge in [0, 0.05) is 36.3 Å². The van der Waals surface area contributed by atoms with Gasteiger partial charge in [-0.25, -0.2) is 9.37 Å². The Hall–Kier alpha value is -3.84. The second-order valence-electron chi connectivity index (χ2n) is 10.7. The Bertz CT molecular complexity index is 1540. The summed E-state index contributed by atoms with van der Waals surface area (Å²) in [6, 6.07) is 15.9. The lowest BCUT2D eigenvalue weighted by molar-refractivity contribution is -0.131. The predicted octanol–water partition coefficient (Wildman–Crippen LogP) is 4.97. The zero-order valence-corrected chi connectivity index (χ0v) is 22.6. The maximum atomic E-state index is 14.9. The van der Waals surface area contributed by atoms with E-state index in [0.29, 0.717) is 48.7 Å². The third kappa shape index (κ3) is 3.98. The second kappa shape index (κ2) is 9.42. The number of amides is 2. The monoisotopic (exact) mass is 542 g/mol. The molecule has 198 valence electrons. The number of piperazine rings is 1. The molecule has 2 amide bonds. The van der Waals surface area contributed by atoms with E-state index < -0.39 is 11.2 Å². The molecule has 0 bridgehead atoms. The molecule has 0 radical (unpaired) electrons. The quantitative estimate of drug-likeness (QED) is 0.429. The van der Waals surface area contributed by atoms with Crippen LogP contribution >= 0.6 is 11.6 Å². The number of rotatable bonds is 2. The van der Waals surface area contributed by atoms with Crippen molar-refractivity contribution in [2.75, 3.05) is 13.1 Å². The SMILES string of the molecule is C=CC(=O)N1CC(C)N(C2=NC(=O)C3(Cc4ccccc4C3)c3nc(-c4ccccc4F)c(Cl)cc32)CC1C. The lowest BCUT2D eigenvalue weighted by atomic mass is 9.75. The molecule has 2 aliphatic heterocycles. The summed E-state index contributed by atoms with van der Waals surface area (Å²) in [6.45, 7) is 8.53. The molecule has 0 saturated carbocycles. The zero-order chi connectivity index (χ0) is 27.5. The molecule has 6 rings (SSSR count). The summed E-state index contributed by atoms with van der Waals surface area (Å²) in [5, 5.41) is 0.285. The second-order valence-corrected chi connectivity index (χ2v) is 11.1. The van der Waals surface area contributed by atoms with Crippen LogP contribution in [0, 0.1) is 5.82 Å². The van der Waals surface area contributed by atoms with Gasteiger partial charge in [-0.05, 0) is 62.1 Å². The van der Waals surface area contributed by atoms with E-state index in [1.54, 1.807) is 29.2 Å². The van der Waals surface area contributed by atoms with Crippen LogP contribution in [0.1, 0.15) is 36.2 Å². The molecule has 3 aromatic rings. The smallest absolute Gasteiger partial charge is 0.260 e. The van der Waals surface area contributed by atoms with Crippen molar-refractivity contribution in [1.29, 1.82) is 0 Å². The average Bonchev–Trinajstić information content (AvgIpc) is 3.32. The van der Waals surface area contributed by atoms with Gasteiger partial charge < -0.3 is 9.80 Å². The van der Waals surface area contributed by atoms with Crippen molar-refractivity contribution >= 4 is 29.3 Å². The molecule has 2 atom stereocenters. The number of aromatic nitrogens is 1. The summed E-state index contributed by atoms with van der Waals surface area (Å²) < 4.78 is 14.9. The van der Waals surface area contributed by atoms with Crippen LogP contribution in [0.15, 0.2) is 72.2 Å². The van der Waals surface area contributed by atoms with Crippen LogP contribution < -0.4 is 0 Å². The number of halogens is 2. The molecule has 2 unspecified atom stereocenters. The minimum Gasteiger partial charge on any atom is -0.349 e. The van der Waals surface area contributed by atoms with E-state index in [1.165, 1.54) is 12.1 Å². The van der Waals surface area contributed by atoms with E-state index in [1.807, 2.05) is 38.1 Å². The average molecular weight is 543 g/mol. The number of hydrogen-bond acceptors (Lipinski definition) is 4. The number of nitrogens with zero attached hydrogens (tertiary/aromatic N) is 4. The first-order valence-electron chi connectivity index (χ1n) is 13.1. The highest BCUT2D eigenvalue weighted by molar-refractivity contribution is 6.33. The number of carbonyl (C=O) groups excluding carboxylic acids is 2. The normalized spacial score (nSPS) is 21.4. The molecular weight excluding hydrogens is 515 g/mol. The Kier molecular flexibility index (Phi) is 6.14. The van der Waals surface area contributed by atoms with Crippen molar-refractivity contribution in [3.63, 3.8) is 0 Å². The fourth-order valence-electron chi connectivity index (χ4n) is 6.23. The molecule has 1 spiro atoms. The molecule has 2 aromatic carbocycles. The molecule has 0 N–H and O–H groups in total. The fraction of sp³-hybridized carbons (Fsp3) is 0.290. The predicted molar refractivity (Wildman–Crippen MR) is 149 cm³/mol. The molecule has 1 aromatic heterocycles. The third-order valence-corrected chi connectivity index (χ3v) is 8.52. The van der Waals surface area contributed by atoms with Crippen LogP contribution in [0.25, 0.3) is 11.3 Å². The van der Waals surface area contributed by atoms with Crippen molar-refractivity contribution < 1.29 is 14.0 Å². The van der Waals surface area contributed by atoms with Gasteiger partial charge in [-0.15, -0.1) is 0 Å². The molecule has 6 nitrogen and oxygen atoms in total. The standard InChI is InChI=1S/C31H28ClFN4O2/c1-4-26(38)36-16-19(3)37(17-18(36)2)29-23-13-24(32)27(22-11-7-8-12-25(22)33)34-28(23)31(30(39)35-29)14-20-9-5-6-10-21(20)15-31/h4-13,18-19H,1,14-17H2,2-3H3. The lowest BCUT2D eigenvalue weighted by Gasteiger charge is -2.46. The van der Waals surface area contributed by atoms with Gasteiger partial charge in [-0.3, -0.25) is 9.59 Å². The first kappa shape index (κ1) is 25.4. The van der Waals surface area contributed by atoms with Gasteiger partial charge >= 0.3 is 0 Å². The molecule has 39 heavy (non-hydrogen) atoms. The van der Waals surface area contributed by atoms with Crippen molar-refractivity contribution in [1.82, 2.24) is 14.8 Å². The maximum absolute atomic E-state index is 14.9. The third-order valence-electron chi connectivity index (χ3n) is 8.23. The van der Waals surface area contributed by atoms with Crippen LogP contribution in [-0.2, 0) is 27.8 Å². The van der Waals surface area contributed by atoms with Gasteiger partial charge in [0.15, 0.2) is 0 Å². The number of fused-ring (bicyclic) bond motifs is 3. The Morgan fingerprint density at radius 1 is 1.05 bits per heavy atom. The number of pyridine rings is 1. The zero-order valence-electron chi connectivity index (χ0n) is 21.8. The van der Waals surface area contributed by atoms with E-state index in [-0.39, 0.29) is 34.5 Å². The summed E-state index contributed by atoms with van der Waals surface area (Å²) in [6.07, 6.45) is 2.25. The summed E-state index contributed by atoms with van der Waals surface area (Å²) in [4.78, 5) is 40.0. The highest BCUT2D eigenvalue weighted by Gasteiger charge is 2.52. The number of benzene rings is 2. The lowest BCUT2D eigenvalue weighted by Crippen LogP contribution is -2.60. The van der Waals surface area contributed by atoms with E-state index in [2.05, 4.69) is 11.5 Å². The largest absolute Gasteiger partial charge is 0.349 e. The van der Waals surface area contributed by atoms with Gasteiger partial charge in [0.05, 0.1) is 16.4 Å². The van der Waals surface area contributed by atoms with Crippen LogP contribution in [0.3, 0.4) is 0 Å². The summed E-state index contributed by atoms with van der Waals surface area (Å²) >= 11 is 6.79. The van der Waals surface area contributed by atoms with Crippen molar-refractivity contribution in [3.8, 4) is 11.3 Å². The molecule has 1 saturated heterocycles. The minimum atomic E-state index is -0.997. The van der Waals surface area contributed by atoms with Crippen LogP contribution in [0.5, 0.6) is 0 Å². The summed E-state index contributed by atoms with van der Waals surface area (Å²) in [7, 11) is 0. The topological polar surface area (TPSA) is 65.9 Å². The highest BCUT2D eigenvalue weighted by atomic mass is 35.5. The number of amidine groups is 1. The fourth-order valence-corrected chi connectivity index (χ4v) is 6.48. The van der Waals surface area contributed by atoms with Gasteiger partial charge in [-0.2, -0.15) is 4.99 Å². The number of hydrogen-bond donors (Lipinski definition) is 0. The highest BCUT2D eigenvalue weighted by Crippen LogP contribution is 2.46. The first-order chi connectivity index (χ1) is 18.7. The van der Waals surface area contributed by atoms with E-state index in [0.717, 1.165) is 11.1 Å². The van der Waals surface area contributed by atoms with Crippen molar-refractivity contribution in [2.24, 2.45) is 4.99 Å². The van der Waals surface area contributed by atoms with Crippen LogP contribution in [0.2, 0.25) is 5.02 Å². The van der Waals surface area contributed by atoms with Gasteiger partial charge in [0.2, 0.25) is 5.91 Å². The molecule has 8 heteroatoms. The Morgan fingerprint density at radius 3 is 2.38 bits per heavy atom. The Morgan fingerprint density at radius 2 is 1.72 bits per heavy atom. The van der Waals surface area contributed by atoms with Gasteiger partial charge in [-0.1, -0.05) is 54.6 Å². The van der Waals surface area contributed by atoms with Crippen molar-refractivity contribution in [3.05, 3.63) is 100 Å². The van der Waals surface area contributed by atoms with E-state index >= 15 is 0 Å². The van der Waals surface area contributed by atoms with E-state index in [4.69, 9.17) is 21.6 Å². The molecule has 1 fully saturated rings. The molecular formula is C31H28ClFN4O2. The summed E-state index contributed by atoms with van der Waals surface area (Å²) in [5.74, 6) is -0.328. The van der Waals surface area contributed by atoms with Crippen molar-refractivity contribution in [2.45, 2.75) is 44.2 Å². The van der Waals surface area contributed by atoms with Crippen LogP contribution in [0.4, 0.5) is 4.39 Å². The Labute approximate surface area is 231 Å². The number of carbonyl (C=O) groups is 2. The number of aliphatic imine (C=N–C) groups is 1. The maximum Gasteiger partial charge on any atom is 0.260 e. The summed E-state index contributed by atoms with van der Waals surface area (Å²) in [5.41, 5.74) is 3.00. The first-order valence-corrected chi connectivity index (χ1v) is 13.5. The van der Waals surface area contributed by atoms with Gasteiger partial charge in [0.25, 0.3) is 5.91 Å². The van der Waals surface area contributed by atoms with Crippen LogP contribution in [-0.4, -0.2) is 57.6 Å². The Balaban J connectivity index is 1.51. The minimum absolute atomic E-state index is 0.121. The van der Waals surface area contributed by atoms with E-state index in [9.17, 15) is 14.0 Å². The van der Waals surface area contributed by atoms with Gasteiger partial charge in [0.1, 0.15) is 17.1 Å².